The molecule has 0 radical (unpaired) electrons. The van der Waals surface area contributed by atoms with Gasteiger partial charge in [-0.05, 0) is 17.7 Å². The van der Waals surface area contributed by atoms with Gasteiger partial charge in [-0.25, -0.2) is 0 Å². The van der Waals surface area contributed by atoms with E-state index in [2.05, 4.69) is 0 Å². The van der Waals surface area contributed by atoms with E-state index >= 15 is 0 Å². The number of benzene rings is 1. The summed E-state index contributed by atoms with van der Waals surface area (Å²) in [5, 5.41) is 18.1. The molecular weight excluding hydrogens is 184 g/mol. The zero-order valence-electron chi connectivity index (χ0n) is 8.06. The fraction of sp³-hybridized carbons (Fsp3) is 0.400. The minimum Gasteiger partial charge on any atom is -0.508 e. The van der Waals surface area contributed by atoms with Crippen molar-refractivity contribution in [1.29, 1.82) is 0 Å². The Kier molecular flexibility index (Phi) is 4.22. The minimum absolute atomic E-state index is 0.0870. The molecule has 0 amide bonds. The van der Waals surface area contributed by atoms with Gasteiger partial charge in [0.1, 0.15) is 18.1 Å². The van der Waals surface area contributed by atoms with Gasteiger partial charge in [0.05, 0.1) is 13.2 Å². The highest BCUT2D eigenvalue weighted by Gasteiger charge is 2.00. The van der Waals surface area contributed by atoms with Gasteiger partial charge in [-0.15, -0.1) is 0 Å². The fourth-order valence-corrected chi connectivity index (χ4v) is 1.06. The lowest BCUT2D eigenvalue weighted by atomic mass is 10.2. The average molecular weight is 198 g/mol. The number of phenols is 1. The maximum atomic E-state index is 9.26. The van der Waals surface area contributed by atoms with Crippen LogP contribution in [0.4, 0.5) is 0 Å². The van der Waals surface area contributed by atoms with Crippen LogP contribution in [-0.2, 0) is 11.3 Å². The molecule has 78 valence electrons. The highest BCUT2D eigenvalue weighted by molar-refractivity contribution is 5.37. The Morgan fingerprint density at radius 3 is 2.64 bits per heavy atom. The van der Waals surface area contributed by atoms with Gasteiger partial charge in [0.25, 0.3) is 0 Å². The summed E-state index contributed by atoms with van der Waals surface area (Å²) in [5.41, 5.74) is 0.623. The van der Waals surface area contributed by atoms with E-state index in [4.69, 9.17) is 14.6 Å². The Morgan fingerprint density at radius 2 is 2.00 bits per heavy atom. The average Bonchev–Trinajstić information content (AvgIpc) is 2.17. The van der Waals surface area contributed by atoms with Crippen molar-refractivity contribution in [3.8, 4) is 11.5 Å². The smallest absolute Gasteiger partial charge is 0.123 e. The summed E-state index contributed by atoms with van der Waals surface area (Å²) in [6, 6.07) is 4.66. The SMILES string of the molecule is COCCOc1cc(O)cc(CO)c1. The first-order valence-corrected chi connectivity index (χ1v) is 4.32. The van der Waals surface area contributed by atoms with Crippen molar-refractivity contribution < 1.29 is 19.7 Å². The molecule has 0 heterocycles. The van der Waals surface area contributed by atoms with Crippen molar-refractivity contribution in [3.05, 3.63) is 23.8 Å². The van der Waals surface area contributed by atoms with Gasteiger partial charge in [-0.2, -0.15) is 0 Å². The number of aliphatic hydroxyl groups is 1. The van der Waals surface area contributed by atoms with Crippen LogP contribution in [0.2, 0.25) is 0 Å². The molecule has 0 spiro atoms. The second kappa shape index (κ2) is 5.47. The van der Waals surface area contributed by atoms with Crippen molar-refractivity contribution in [2.24, 2.45) is 0 Å². The molecule has 4 heteroatoms. The standard InChI is InChI=1S/C10H14O4/c1-13-2-3-14-10-5-8(7-11)4-9(12)6-10/h4-6,11-12H,2-3,7H2,1H3. The second-order valence-corrected chi connectivity index (χ2v) is 2.83. The summed E-state index contributed by atoms with van der Waals surface area (Å²) >= 11 is 0. The van der Waals surface area contributed by atoms with E-state index in [9.17, 15) is 5.11 Å². The van der Waals surface area contributed by atoms with Crippen molar-refractivity contribution in [3.63, 3.8) is 0 Å². The molecule has 0 aliphatic carbocycles. The predicted octanol–water partition coefficient (Wildman–Crippen LogP) is 0.910. The molecule has 0 unspecified atom stereocenters. The summed E-state index contributed by atoms with van der Waals surface area (Å²) in [7, 11) is 1.59. The molecule has 14 heavy (non-hydrogen) atoms. The molecule has 0 aliphatic rings. The van der Waals surface area contributed by atoms with Crippen LogP contribution in [-0.4, -0.2) is 30.5 Å². The normalized spacial score (nSPS) is 10.1. The molecule has 0 atom stereocenters. The van der Waals surface area contributed by atoms with Crippen LogP contribution >= 0.6 is 0 Å². The Morgan fingerprint density at radius 1 is 1.21 bits per heavy atom. The largest absolute Gasteiger partial charge is 0.508 e. The molecule has 0 aliphatic heterocycles. The molecule has 0 bridgehead atoms. The topological polar surface area (TPSA) is 58.9 Å². The third kappa shape index (κ3) is 3.24. The predicted molar refractivity (Wildman–Crippen MR) is 51.4 cm³/mol. The number of ether oxygens (including phenoxy) is 2. The lowest BCUT2D eigenvalue weighted by Gasteiger charge is -2.07. The Bertz CT molecular complexity index is 285. The molecule has 4 nitrogen and oxygen atoms in total. The van der Waals surface area contributed by atoms with E-state index in [1.807, 2.05) is 0 Å². The molecule has 0 saturated heterocycles. The molecule has 1 rings (SSSR count). The quantitative estimate of drug-likeness (QED) is 0.690. The van der Waals surface area contributed by atoms with Crippen molar-refractivity contribution in [1.82, 2.24) is 0 Å². The number of rotatable bonds is 5. The third-order valence-corrected chi connectivity index (χ3v) is 1.69. The molecular formula is C10H14O4. The second-order valence-electron chi connectivity index (χ2n) is 2.83. The lowest BCUT2D eigenvalue weighted by Crippen LogP contribution is -2.04. The molecule has 1 aromatic rings. The van der Waals surface area contributed by atoms with Gasteiger partial charge >= 0.3 is 0 Å². The van der Waals surface area contributed by atoms with E-state index in [0.29, 0.717) is 24.5 Å². The van der Waals surface area contributed by atoms with Crippen LogP contribution in [0.1, 0.15) is 5.56 Å². The van der Waals surface area contributed by atoms with Crippen LogP contribution in [0, 0.1) is 0 Å². The van der Waals surface area contributed by atoms with Crippen LogP contribution in [0.25, 0.3) is 0 Å². The molecule has 2 N–H and O–H groups in total. The van der Waals surface area contributed by atoms with E-state index in [-0.39, 0.29) is 12.4 Å². The Labute approximate surface area is 82.7 Å². The maximum absolute atomic E-state index is 9.26. The highest BCUT2D eigenvalue weighted by atomic mass is 16.5. The van der Waals surface area contributed by atoms with E-state index in [0.717, 1.165) is 0 Å². The van der Waals surface area contributed by atoms with Crippen molar-refractivity contribution in [2.75, 3.05) is 20.3 Å². The van der Waals surface area contributed by atoms with Crippen molar-refractivity contribution >= 4 is 0 Å². The monoisotopic (exact) mass is 198 g/mol. The van der Waals surface area contributed by atoms with E-state index in [1.54, 1.807) is 13.2 Å². The summed E-state index contributed by atoms with van der Waals surface area (Å²) < 4.78 is 10.1. The van der Waals surface area contributed by atoms with Gasteiger partial charge in [0, 0.05) is 13.2 Å². The summed E-state index contributed by atoms with van der Waals surface area (Å²) in [5.74, 6) is 0.620. The summed E-state index contributed by atoms with van der Waals surface area (Å²) in [6.45, 7) is 0.796. The van der Waals surface area contributed by atoms with E-state index < -0.39 is 0 Å². The zero-order chi connectivity index (χ0) is 10.4. The molecule has 0 aromatic heterocycles. The number of hydrogen-bond donors (Lipinski definition) is 2. The lowest BCUT2D eigenvalue weighted by molar-refractivity contribution is 0.146. The highest BCUT2D eigenvalue weighted by Crippen LogP contribution is 2.21. The number of hydrogen-bond acceptors (Lipinski definition) is 4. The number of aliphatic hydroxyl groups excluding tert-OH is 1. The summed E-state index contributed by atoms with van der Waals surface area (Å²) in [6.07, 6.45) is 0. The first-order valence-electron chi connectivity index (χ1n) is 4.32. The van der Waals surface area contributed by atoms with Gasteiger partial charge in [-0.1, -0.05) is 0 Å². The van der Waals surface area contributed by atoms with Crippen LogP contribution in [0.15, 0.2) is 18.2 Å². The maximum Gasteiger partial charge on any atom is 0.123 e. The third-order valence-electron chi connectivity index (χ3n) is 1.69. The van der Waals surface area contributed by atoms with Crippen LogP contribution in [0.3, 0.4) is 0 Å². The molecule has 0 fully saturated rings. The first-order chi connectivity index (χ1) is 6.76. The Hall–Kier alpha value is -1.26. The van der Waals surface area contributed by atoms with Crippen LogP contribution in [0.5, 0.6) is 11.5 Å². The number of methoxy groups -OCH3 is 1. The minimum atomic E-state index is -0.116. The molecule has 0 saturated carbocycles. The van der Waals surface area contributed by atoms with Crippen LogP contribution < -0.4 is 4.74 Å². The van der Waals surface area contributed by atoms with Gasteiger partial charge in [0.15, 0.2) is 0 Å². The summed E-state index contributed by atoms with van der Waals surface area (Å²) in [4.78, 5) is 0. The van der Waals surface area contributed by atoms with Gasteiger partial charge in [-0.3, -0.25) is 0 Å². The number of phenolic OH excluding ortho intramolecular Hbond substituents is 1. The zero-order valence-corrected chi connectivity index (χ0v) is 8.06. The van der Waals surface area contributed by atoms with E-state index in [1.165, 1.54) is 12.1 Å². The van der Waals surface area contributed by atoms with Gasteiger partial charge < -0.3 is 19.7 Å². The fourth-order valence-electron chi connectivity index (χ4n) is 1.06. The Balaban J connectivity index is 2.62. The molecule has 1 aromatic carbocycles. The van der Waals surface area contributed by atoms with Crippen molar-refractivity contribution in [2.45, 2.75) is 6.61 Å². The first kappa shape index (κ1) is 10.8. The number of aromatic hydroxyl groups is 1. The van der Waals surface area contributed by atoms with Gasteiger partial charge in [0.2, 0.25) is 0 Å².